The highest BCUT2D eigenvalue weighted by Gasteiger charge is 2.15. The van der Waals surface area contributed by atoms with Crippen LogP contribution in [0.25, 0.3) is 0 Å². The van der Waals surface area contributed by atoms with E-state index in [1.54, 1.807) is 0 Å². The van der Waals surface area contributed by atoms with E-state index in [4.69, 9.17) is 0 Å². The number of aryl methyl sites for hydroxylation is 1. The number of benzene rings is 1. The third kappa shape index (κ3) is 2.26. The third-order valence-corrected chi connectivity index (χ3v) is 3.18. The van der Waals surface area contributed by atoms with Gasteiger partial charge in [0.25, 0.3) is 0 Å². The Morgan fingerprint density at radius 3 is 2.75 bits per heavy atom. The predicted octanol–water partition coefficient (Wildman–Crippen LogP) is 3.16. The zero-order valence-electron chi connectivity index (χ0n) is 10.0. The molecule has 2 rings (SSSR count). The maximum atomic E-state index is 11.7. The van der Waals surface area contributed by atoms with E-state index in [9.17, 15) is 4.79 Å². The SMILES string of the molecule is CC(C)C(=O)Nc1cccc2c1CCCC2. The van der Waals surface area contributed by atoms with Gasteiger partial charge in [0.05, 0.1) is 0 Å². The van der Waals surface area contributed by atoms with Gasteiger partial charge in [-0.25, -0.2) is 0 Å². The lowest BCUT2D eigenvalue weighted by atomic mass is 9.90. The minimum atomic E-state index is 0.0412. The monoisotopic (exact) mass is 217 g/mol. The molecular formula is C14H19NO. The lowest BCUT2D eigenvalue weighted by Crippen LogP contribution is -2.19. The molecule has 0 unspecified atom stereocenters. The molecule has 0 heterocycles. The lowest BCUT2D eigenvalue weighted by molar-refractivity contribution is -0.118. The van der Waals surface area contributed by atoms with Crippen molar-refractivity contribution in [3.63, 3.8) is 0 Å². The van der Waals surface area contributed by atoms with Crippen molar-refractivity contribution in [3.05, 3.63) is 29.3 Å². The summed E-state index contributed by atoms with van der Waals surface area (Å²) in [5.41, 5.74) is 3.78. The summed E-state index contributed by atoms with van der Waals surface area (Å²) in [6.45, 7) is 3.84. The van der Waals surface area contributed by atoms with Gasteiger partial charge in [-0.1, -0.05) is 26.0 Å². The predicted molar refractivity (Wildman–Crippen MR) is 66.6 cm³/mol. The molecule has 0 atom stereocenters. The molecule has 2 nitrogen and oxygen atoms in total. The molecule has 0 saturated carbocycles. The number of amides is 1. The number of fused-ring (bicyclic) bond motifs is 1. The quantitative estimate of drug-likeness (QED) is 0.810. The maximum absolute atomic E-state index is 11.7. The minimum Gasteiger partial charge on any atom is -0.326 e. The third-order valence-electron chi connectivity index (χ3n) is 3.18. The first-order valence-electron chi connectivity index (χ1n) is 6.10. The van der Waals surface area contributed by atoms with Crippen molar-refractivity contribution in [3.8, 4) is 0 Å². The van der Waals surface area contributed by atoms with Crippen molar-refractivity contribution in [1.29, 1.82) is 0 Å². The Hall–Kier alpha value is -1.31. The van der Waals surface area contributed by atoms with E-state index in [1.165, 1.54) is 24.0 Å². The molecule has 1 aromatic carbocycles. The number of carbonyl (C=O) groups excluding carboxylic acids is 1. The van der Waals surface area contributed by atoms with Crippen LogP contribution in [-0.4, -0.2) is 5.91 Å². The van der Waals surface area contributed by atoms with Crippen molar-refractivity contribution in [2.45, 2.75) is 39.5 Å². The van der Waals surface area contributed by atoms with Crippen LogP contribution >= 0.6 is 0 Å². The number of nitrogens with one attached hydrogen (secondary N) is 1. The molecule has 0 aromatic heterocycles. The van der Waals surface area contributed by atoms with Crippen molar-refractivity contribution < 1.29 is 4.79 Å². The zero-order valence-corrected chi connectivity index (χ0v) is 10.0. The van der Waals surface area contributed by atoms with Gasteiger partial charge in [-0.05, 0) is 42.9 Å². The summed E-state index contributed by atoms with van der Waals surface area (Å²) < 4.78 is 0. The van der Waals surface area contributed by atoms with E-state index >= 15 is 0 Å². The van der Waals surface area contributed by atoms with Crippen molar-refractivity contribution in [1.82, 2.24) is 0 Å². The van der Waals surface area contributed by atoms with Crippen LogP contribution in [0.2, 0.25) is 0 Å². The molecule has 1 aromatic rings. The molecule has 0 fully saturated rings. The molecule has 1 aliphatic rings. The summed E-state index contributed by atoms with van der Waals surface area (Å²) in [5.74, 6) is 0.151. The number of hydrogen-bond acceptors (Lipinski definition) is 1. The Labute approximate surface area is 97.1 Å². The molecule has 1 aliphatic carbocycles. The van der Waals surface area contributed by atoms with Gasteiger partial charge >= 0.3 is 0 Å². The summed E-state index contributed by atoms with van der Waals surface area (Å²) in [6, 6.07) is 6.24. The number of anilines is 1. The van der Waals surface area contributed by atoms with Crippen LogP contribution in [0.5, 0.6) is 0 Å². The molecule has 0 saturated heterocycles. The van der Waals surface area contributed by atoms with Gasteiger partial charge in [0.1, 0.15) is 0 Å². The van der Waals surface area contributed by atoms with Gasteiger partial charge in [-0.15, -0.1) is 0 Å². The average molecular weight is 217 g/mol. The molecule has 2 heteroatoms. The highest BCUT2D eigenvalue weighted by atomic mass is 16.1. The zero-order chi connectivity index (χ0) is 11.5. The molecular weight excluding hydrogens is 198 g/mol. The molecule has 0 aliphatic heterocycles. The average Bonchev–Trinajstić information content (AvgIpc) is 2.29. The standard InChI is InChI=1S/C14H19NO/c1-10(2)14(16)15-13-9-5-7-11-6-3-4-8-12(11)13/h5,7,9-10H,3-4,6,8H2,1-2H3,(H,15,16). The fraction of sp³-hybridized carbons (Fsp3) is 0.500. The minimum absolute atomic E-state index is 0.0412. The Morgan fingerprint density at radius 1 is 1.25 bits per heavy atom. The van der Waals surface area contributed by atoms with Crippen LogP contribution in [0.1, 0.15) is 37.8 Å². The summed E-state index contributed by atoms with van der Waals surface area (Å²) in [4.78, 5) is 11.7. The summed E-state index contributed by atoms with van der Waals surface area (Å²) in [6.07, 6.45) is 4.76. The van der Waals surface area contributed by atoms with Crippen LogP contribution < -0.4 is 5.32 Å². The van der Waals surface area contributed by atoms with Crippen molar-refractivity contribution in [2.75, 3.05) is 5.32 Å². The Morgan fingerprint density at radius 2 is 2.00 bits per heavy atom. The maximum Gasteiger partial charge on any atom is 0.226 e. The summed E-state index contributed by atoms with van der Waals surface area (Å²) in [7, 11) is 0. The van der Waals surface area contributed by atoms with E-state index in [0.29, 0.717) is 0 Å². The number of carbonyl (C=O) groups is 1. The van der Waals surface area contributed by atoms with Crippen LogP contribution in [-0.2, 0) is 17.6 Å². The first kappa shape index (κ1) is 11.2. The van der Waals surface area contributed by atoms with Gasteiger partial charge in [0.2, 0.25) is 5.91 Å². The highest BCUT2D eigenvalue weighted by Crippen LogP contribution is 2.28. The normalized spacial score (nSPS) is 14.7. The van der Waals surface area contributed by atoms with Crippen molar-refractivity contribution in [2.24, 2.45) is 5.92 Å². The van der Waals surface area contributed by atoms with Gasteiger partial charge in [0.15, 0.2) is 0 Å². The van der Waals surface area contributed by atoms with Crippen molar-refractivity contribution >= 4 is 11.6 Å². The van der Waals surface area contributed by atoms with E-state index in [0.717, 1.165) is 18.5 Å². The topological polar surface area (TPSA) is 29.1 Å². The molecule has 16 heavy (non-hydrogen) atoms. The first-order chi connectivity index (χ1) is 7.68. The molecule has 1 N–H and O–H groups in total. The number of rotatable bonds is 2. The fourth-order valence-corrected chi connectivity index (χ4v) is 2.18. The van der Waals surface area contributed by atoms with Gasteiger partial charge < -0.3 is 5.32 Å². The van der Waals surface area contributed by atoms with Gasteiger partial charge in [-0.2, -0.15) is 0 Å². The highest BCUT2D eigenvalue weighted by molar-refractivity contribution is 5.93. The summed E-state index contributed by atoms with van der Waals surface area (Å²) >= 11 is 0. The molecule has 1 amide bonds. The summed E-state index contributed by atoms with van der Waals surface area (Å²) in [5, 5.41) is 3.03. The second kappa shape index (κ2) is 4.69. The molecule has 86 valence electrons. The molecule has 0 radical (unpaired) electrons. The van der Waals surface area contributed by atoms with Gasteiger partial charge in [0, 0.05) is 11.6 Å². The fourth-order valence-electron chi connectivity index (χ4n) is 2.18. The van der Waals surface area contributed by atoms with Crippen LogP contribution in [0, 0.1) is 5.92 Å². The Bertz CT molecular complexity index is 396. The van der Waals surface area contributed by atoms with Gasteiger partial charge in [-0.3, -0.25) is 4.79 Å². The van der Waals surface area contributed by atoms with E-state index < -0.39 is 0 Å². The molecule has 0 spiro atoms. The number of hydrogen-bond donors (Lipinski definition) is 1. The largest absolute Gasteiger partial charge is 0.326 e. The van der Waals surface area contributed by atoms with Crippen LogP contribution in [0.15, 0.2) is 18.2 Å². The van der Waals surface area contributed by atoms with Crippen LogP contribution in [0.4, 0.5) is 5.69 Å². The Balaban J connectivity index is 2.24. The first-order valence-corrected chi connectivity index (χ1v) is 6.10. The van der Waals surface area contributed by atoms with E-state index in [-0.39, 0.29) is 11.8 Å². The second-order valence-electron chi connectivity index (χ2n) is 4.79. The Kier molecular flexibility index (Phi) is 3.28. The smallest absolute Gasteiger partial charge is 0.226 e. The van der Waals surface area contributed by atoms with E-state index in [1.807, 2.05) is 26.0 Å². The van der Waals surface area contributed by atoms with E-state index in [2.05, 4.69) is 11.4 Å². The molecule has 0 bridgehead atoms. The van der Waals surface area contributed by atoms with Crippen LogP contribution in [0.3, 0.4) is 0 Å². The lowest BCUT2D eigenvalue weighted by Gasteiger charge is -2.20. The second-order valence-corrected chi connectivity index (χ2v) is 4.79.